The summed E-state index contributed by atoms with van der Waals surface area (Å²) in [5.41, 5.74) is 7.41. The number of methoxy groups -OCH3 is 1. The maximum absolute atomic E-state index is 6.01. The number of hydrogen-bond acceptors (Lipinski definition) is 5. The topological polar surface area (TPSA) is 78.8 Å². The second-order valence-electron chi connectivity index (χ2n) is 4.55. The molecule has 0 radical (unpaired) electrons. The number of anilines is 1. The number of ether oxygens (including phenoxy) is 1. The van der Waals surface area contributed by atoms with E-state index in [1.54, 1.807) is 7.11 Å². The quantitative estimate of drug-likeness (QED) is 0.822. The number of benzene rings is 1. The maximum atomic E-state index is 6.01. The summed E-state index contributed by atoms with van der Waals surface area (Å²) in [7, 11) is 1.62. The van der Waals surface area contributed by atoms with Gasteiger partial charge in [-0.05, 0) is 41.3 Å². The first-order valence-corrected chi connectivity index (χ1v) is 5.98. The number of hydrogen-bond donors (Lipinski definition) is 1. The number of rotatable bonds is 4. The molecule has 0 atom stereocenters. The Bertz CT molecular complexity index is 561. The molecule has 94 valence electrons. The molecule has 1 heterocycles. The highest BCUT2D eigenvalue weighted by atomic mass is 16.5. The lowest BCUT2D eigenvalue weighted by Crippen LogP contribution is -2.06. The van der Waals surface area contributed by atoms with Gasteiger partial charge in [0.1, 0.15) is 5.75 Å². The number of nitrogens with two attached hydrogens (primary N) is 1. The monoisotopic (exact) mass is 245 g/mol. The maximum Gasteiger partial charge on any atom is 0.187 e. The summed E-state index contributed by atoms with van der Waals surface area (Å²) >= 11 is 0. The zero-order valence-corrected chi connectivity index (χ0v) is 10.2. The second kappa shape index (κ2) is 4.29. The number of nitrogens with zero attached hydrogens (tertiary/aromatic N) is 4. The molecule has 2 aromatic rings. The molecule has 6 nitrogen and oxygen atoms in total. The molecule has 6 heteroatoms. The fourth-order valence-corrected chi connectivity index (χ4v) is 2.01. The SMILES string of the molecule is COc1cccc(N)c1-c1nnnn1CC1CC1. The van der Waals surface area contributed by atoms with Crippen LogP contribution in [0.25, 0.3) is 11.4 Å². The van der Waals surface area contributed by atoms with Crippen LogP contribution in [0.5, 0.6) is 5.75 Å². The van der Waals surface area contributed by atoms with Crippen LogP contribution in [-0.2, 0) is 6.54 Å². The van der Waals surface area contributed by atoms with E-state index in [0.717, 1.165) is 12.1 Å². The molecule has 18 heavy (non-hydrogen) atoms. The third kappa shape index (κ3) is 1.90. The Balaban J connectivity index is 2.05. The van der Waals surface area contributed by atoms with Gasteiger partial charge in [-0.3, -0.25) is 0 Å². The van der Waals surface area contributed by atoms with Gasteiger partial charge >= 0.3 is 0 Å². The fraction of sp³-hybridized carbons (Fsp3) is 0.417. The van der Waals surface area contributed by atoms with Crippen LogP contribution in [0.4, 0.5) is 5.69 Å². The van der Waals surface area contributed by atoms with Gasteiger partial charge in [0.2, 0.25) is 0 Å². The molecule has 1 aliphatic rings. The summed E-state index contributed by atoms with van der Waals surface area (Å²) in [6.45, 7) is 0.847. The van der Waals surface area contributed by atoms with Crippen molar-refractivity contribution >= 4 is 5.69 Å². The largest absolute Gasteiger partial charge is 0.496 e. The van der Waals surface area contributed by atoms with Crippen LogP contribution >= 0.6 is 0 Å². The number of aromatic nitrogens is 4. The molecule has 0 bridgehead atoms. The zero-order valence-electron chi connectivity index (χ0n) is 10.2. The average Bonchev–Trinajstić information content (AvgIpc) is 3.07. The molecule has 0 amide bonds. The lowest BCUT2D eigenvalue weighted by atomic mass is 10.1. The first-order chi connectivity index (χ1) is 8.79. The van der Waals surface area contributed by atoms with E-state index in [0.29, 0.717) is 23.2 Å². The summed E-state index contributed by atoms with van der Waals surface area (Å²) in [5.74, 6) is 2.07. The van der Waals surface area contributed by atoms with Crippen molar-refractivity contribution in [3.05, 3.63) is 18.2 Å². The Labute approximate surface area is 105 Å². The molecule has 1 aliphatic carbocycles. The van der Waals surface area contributed by atoms with Gasteiger partial charge < -0.3 is 10.5 Å². The highest BCUT2D eigenvalue weighted by Crippen LogP contribution is 2.35. The fourth-order valence-electron chi connectivity index (χ4n) is 2.01. The lowest BCUT2D eigenvalue weighted by Gasteiger charge is -2.10. The minimum Gasteiger partial charge on any atom is -0.496 e. The van der Waals surface area contributed by atoms with E-state index >= 15 is 0 Å². The average molecular weight is 245 g/mol. The Hall–Kier alpha value is -2.11. The predicted octanol–water partition coefficient (Wildman–Crippen LogP) is 1.34. The van der Waals surface area contributed by atoms with E-state index in [9.17, 15) is 0 Å². The van der Waals surface area contributed by atoms with Crippen molar-refractivity contribution in [1.82, 2.24) is 20.2 Å². The van der Waals surface area contributed by atoms with Crippen LogP contribution in [0.2, 0.25) is 0 Å². The van der Waals surface area contributed by atoms with Crippen LogP contribution in [0.1, 0.15) is 12.8 Å². The van der Waals surface area contributed by atoms with Gasteiger partial charge in [-0.2, -0.15) is 0 Å². The van der Waals surface area contributed by atoms with Crippen LogP contribution < -0.4 is 10.5 Å². The van der Waals surface area contributed by atoms with Crippen molar-refractivity contribution in [2.75, 3.05) is 12.8 Å². The van der Waals surface area contributed by atoms with Gasteiger partial charge in [-0.1, -0.05) is 6.07 Å². The van der Waals surface area contributed by atoms with Crippen molar-refractivity contribution in [3.8, 4) is 17.1 Å². The Morgan fingerprint density at radius 1 is 1.44 bits per heavy atom. The Kier molecular flexibility index (Phi) is 2.62. The minimum atomic E-state index is 0.626. The van der Waals surface area contributed by atoms with Gasteiger partial charge in [0.05, 0.1) is 12.7 Å². The smallest absolute Gasteiger partial charge is 0.187 e. The Morgan fingerprint density at radius 2 is 2.28 bits per heavy atom. The first kappa shape index (κ1) is 11.0. The highest BCUT2D eigenvalue weighted by molar-refractivity contribution is 5.77. The molecule has 3 rings (SSSR count). The summed E-state index contributed by atoms with van der Waals surface area (Å²) in [4.78, 5) is 0. The molecule has 1 saturated carbocycles. The molecular weight excluding hydrogens is 230 g/mol. The summed E-state index contributed by atoms with van der Waals surface area (Å²) in [6.07, 6.45) is 2.50. The van der Waals surface area contributed by atoms with Crippen molar-refractivity contribution in [3.63, 3.8) is 0 Å². The van der Waals surface area contributed by atoms with Crippen LogP contribution in [-0.4, -0.2) is 27.3 Å². The van der Waals surface area contributed by atoms with Gasteiger partial charge in [0.15, 0.2) is 5.82 Å². The molecule has 1 aromatic carbocycles. The summed E-state index contributed by atoms with van der Waals surface area (Å²) in [5, 5.41) is 11.9. The molecule has 0 spiro atoms. The predicted molar refractivity (Wildman–Crippen MR) is 66.9 cm³/mol. The first-order valence-electron chi connectivity index (χ1n) is 5.98. The van der Waals surface area contributed by atoms with Crippen LogP contribution in [0.15, 0.2) is 18.2 Å². The molecule has 0 unspecified atom stereocenters. The molecule has 1 aromatic heterocycles. The zero-order chi connectivity index (χ0) is 12.5. The minimum absolute atomic E-state index is 0.626. The van der Waals surface area contributed by atoms with Crippen molar-refractivity contribution in [2.45, 2.75) is 19.4 Å². The highest BCUT2D eigenvalue weighted by Gasteiger charge is 2.25. The van der Waals surface area contributed by atoms with Crippen LogP contribution in [0.3, 0.4) is 0 Å². The molecule has 2 N–H and O–H groups in total. The summed E-state index contributed by atoms with van der Waals surface area (Å²) < 4.78 is 7.15. The normalized spacial score (nSPS) is 14.7. The summed E-state index contributed by atoms with van der Waals surface area (Å²) in [6, 6.07) is 5.54. The molecule has 0 aliphatic heterocycles. The van der Waals surface area contributed by atoms with Crippen molar-refractivity contribution < 1.29 is 4.74 Å². The van der Waals surface area contributed by atoms with E-state index in [1.165, 1.54) is 12.8 Å². The second-order valence-corrected chi connectivity index (χ2v) is 4.55. The van der Waals surface area contributed by atoms with Crippen molar-refractivity contribution in [1.29, 1.82) is 0 Å². The number of nitrogen functional groups attached to an aromatic ring is 1. The van der Waals surface area contributed by atoms with E-state index in [-0.39, 0.29) is 0 Å². The van der Waals surface area contributed by atoms with E-state index in [4.69, 9.17) is 10.5 Å². The number of tetrazole rings is 1. The Morgan fingerprint density at radius 3 is 3.00 bits per heavy atom. The third-order valence-electron chi connectivity index (χ3n) is 3.16. The van der Waals surface area contributed by atoms with Crippen LogP contribution in [0, 0.1) is 5.92 Å². The van der Waals surface area contributed by atoms with E-state index in [2.05, 4.69) is 15.5 Å². The van der Waals surface area contributed by atoms with Gasteiger partial charge in [0, 0.05) is 12.2 Å². The third-order valence-corrected chi connectivity index (χ3v) is 3.16. The lowest BCUT2D eigenvalue weighted by molar-refractivity contribution is 0.415. The van der Waals surface area contributed by atoms with Gasteiger partial charge in [0.25, 0.3) is 0 Å². The standard InChI is InChI=1S/C12H15N5O/c1-18-10-4-2-3-9(13)11(10)12-14-15-16-17(12)7-8-5-6-8/h2-4,8H,5-7,13H2,1H3. The van der Waals surface area contributed by atoms with Crippen molar-refractivity contribution in [2.24, 2.45) is 5.92 Å². The van der Waals surface area contributed by atoms with Gasteiger partial charge in [-0.25, -0.2) is 4.68 Å². The molecule has 0 saturated heterocycles. The molecular formula is C12H15N5O. The van der Waals surface area contributed by atoms with E-state index in [1.807, 2.05) is 22.9 Å². The van der Waals surface area contributed by atoms with E-state index < -0.39 is 0 Å². The van der Waals surface area contributed by atoms with Gasteiger partial charge in [-0.15, -0.1) is 5.10 Å². The molecule has 1 fully saturated rings.